The summed E-state index contributed by atoms with van der Waals surface area (Å²) < 4.78 is 0. The summed E-state index contributed by atoms with van der Waals surface area (Å²) in [6.45, 7) is 9.32. The molecule has 0 saturated heterocycles. The second-order valence-electron chi connectivity index (χ2n) is 8.02. The van der Waals surface area contributed by atoms with E-state index in [0.29, 0.717) is 11.5 Å². The van der Waals surface area contributed by atoms with Crippen LogP contribution in [0.5, 0.6) is 0 Å². The number of aromatic nitrogens is 1. The minimum atomic E-state index is -0.00966. The van der Waals surface area contributed by atoms with Gasteiger partial charge in [-0.05, 0) is 43.9 Å². The lowest BCUT2D eigenvalue weighted by atomic mass is 9.98. The number of amides is 1. The third kappa shape index (κ3) is 5.03. The number of benzene rings is 2. The Hall–Kier alpha value is -2.68. The summed E-state index contributed by atoms with van der Waals surface area (Å²) in [5.74, 6) is 0.523. The largest absolute Gasteiger partial charge is 0.352 e. The molecule has 0 fully saturated rings. The molecule has 0 aliphatic rings. The number of nitrogens with one attached hydrogen (secondary N) is 1. The number of hydrogen-bond donors (Lipinski definition) is 1. The predicted octanol–water partition coefficient (Wildman–Crippen LogP) is 6.46. The lowest BCUT2D eigenvalue weighted by Crippen LogP contribution is -2.29. The molecule has 1 atom stereocenters. The van der Waals surface area contributed by atoms with Gasteiger partial charge in [0.2, 0.25) is 0 Å². The van der Waals surface area contributed by atoms with Crippen LogP contribution >= 0.6 is 0 Å². The standard InChI is InChI=1S/C26H32N2O/c1-5-7-10-20(6-2)17-27-26(29)23-16-25(21-14-13-18(3)15-19(21)4)28-24-12-9-8-11-22(23)24/h8-9,11-16,20H,5-7,10,17H2,1-4H3,(H,27,29). The van der Waals surface area contributed by atoms with Crippen molar-refractivity contribution in [2.45, 2.75) is 53.4 Å². The van der Waals surface area contributed by atoms with Gasteiger partial charge in [0.05, 0.1) is 16.8 Å². The molecule has 3 aromatic rings. The quantitative estimate of drug-likeness (QED) is 0.481. The summed E-state index contributed by atoms with van der Waals surface area (Å²) in [6.07, 6.45) is 4.66. The third-order valence-electron chi connectivity index (χ3n) is 5.71. The summed E-state index contributed by atoms with van der Waals surface area (Å²) >= 11 is 0. The second-order valence-corrected chi connectivity index (χ2v) is 8.02. The van der Waals surface area contributed by atoms with Crippen LogP contribution < -0.4 is 5.32 Å². The highest BCUT2D eigenvalue weighted by Crippen LogP contribution is 2.27. The molecule has 1 heterocycles. The maximum absolute atomic E-state index is 13.1. The highest BCUT2D eigenvalue weighted by atomic mass is 16.1. The van der Waals surface area contributed by atoms with Gasteiger partial charge in [0, 0.05) is 17.5 Å². The highest BCUT2D eigenvalue weighted by Gasteiger charge is 2.16. The summed E-state index contributed by atoms with van der Waals surface area (Å²) in [4.78, 5) is 18.0. The number of carbonyl (C=O) groups excluding carboxylic acids is 1. The van der Waals surface area contributed by atoms with Crippen LogP contribution in [0, 0.1) is 19.8 Å². The molecule has 3 nitrogen and oxygen atoms in total. The van der Waals surface area contributed by atoms with E-state index in [9.17, 15) is 4.79 Å². The van der Waals surface area contributed by atoms with Gasteiger partial charge >= 0.3 is 0 Å². The fourth-order valence-corrected chi connectivity index (χ4v) is 3.88. The van der Waals surface area contributed by atoms with Crippen LogP contribution in [0.4, 0.5) is 0 Å². The first kappa shape index (κ1) is 21.0. The van der Waals surface area contributed by atoms with Crippen LogP contribution in [-0.4, -0.2) is 17.4 Å². The molecule has 0 radical (unpaired) electrons. The lowest BCUT2D eigenvalue weighted by Gasteiger charge is -2.16. The van der Waals surface area contributed by atoms with Crippen molar-refractivity contribution in [3.63, 3.8) is 0 Å². The summed E-state index contributed by atoms with van der Waals surface area (Å²) in [5.41, 5.74) is 5.88. The molecule has 3 rings (SSSR count). The molecule has 29 heavy (non-hydrogen) atoms. The molecule has 0 saturated carbocycles. The van der Waals surface area contributed by atoms with Gasteiger partial charge in [-0.1, -0.05) is 75.1 Å². The van der Waals surface area contributed by atoms with Crippen molar-refractivity contribution in [1.82, 2.24) is 10.3 Å². The number of unbranched alkanes of at least 4 members (excludes halogenated alkanes) is 1. The van der Waals surface area contributed by atoms with E-state index < -0.39 is 0 Å². The van der Waals surface area contributed by atoms with Gasteiger partial charge in [0.15, 0.2) is 0 Å². The van der Waals surface area contributed by atoms with Crippen molar-refractivity contribution >= 4 is 16.8 Å². The molecule has 0 spiro atoms. The van der Waals surface area contributed by atoms with Gasteiger partial charge in [-0.15, -0.1) is 0 Å². The zero-order valence-electron chi connectivity index (χ0n) is 18.1. The third-order valence-corrected chi connectivity index (χ3v) is 5.71. The maximum Gasteiger partial charge on any atom is 0.252 e. The number of fused-ring (bicyclic) bond motifs is 1. The zero-order valence-corrected chi connectivity index (χ0v) is 18.1. The monoisotopic (exact) mass is 388 g/mol. The number of hydrogen-bond acceptors (Lipinski definition) is 2. The number of nitrogens with zero attached hydrogens (tertiary/aromatic N) is 1. The highest BCUT2D eigenvalue weighted by molar-refractivity contribution is 6.07. The van der Waals surface area contributed by atoms with Crippen molar-refractivity contribution < 1.29 is 4.79 Å². The zero-order chi connectivity index (χ0) is 20.8. The van der Waals surface area contributed by atoms with E-state index in [1.54, 1.807) is 0 Å². The molecule has 152 valence electrons. The van der Waals surface area contributed by atoms with Crippen molar-refractivity contribution in [2.75, 3.05) is 6.54 Å². The normalized spacial score (nSPS) is 12.1. The van der Waals surface area contributed by atoms with Crippen molar-refractivity contribution in [1.29, 1.82) is 0 Å². The first-order valence-electron chi connectivity index (χ1n) is 10.8. The first-order valence-corrected chi connectivity index (χ1v) is 10.8. The Labute approximate surface area is 174 Å². The van der Waals surface area contributed by atoms with Crippen LogP contribution in [0.2, 0.25) is 0 Å². The first-order chi connectivity index (χ1) is 14.0. The Bertz CT molecular complexity index is 993. The van der Waals surface area contributed by atoms with E-state index in [1.165, 1.54) is 24.0 Å². The molecule has 0 bridgehead atoms. The fraction of sp³-hybridized carbons (Fsp3) is 0.385. The van der Waals surface area contributed by atoms with Gasteiger partial charge < -0.3 is 5.32 Å². The Kier molecular flexibility index (Phi) is 7.03. The van der Waals surface area contributed by atoms with Crippen LogP contribution in [-0.2, 0) is 0 Å². The fourth-order valence-electron chi connectivity index (χ4n) is 3.88. The van der Waals surface area contributed by atoms with Crippen LogP contribution in [0.15, 0.2) is 48.5 Å². The summed E-state index contributed by atoms with van der Waals surface area (Å²) in [6, 6.07) is 16.2. The number of aryl methyl sites for hydroxylation is 2. The number of pyridine rings is 1. The Morgan fingerprint density at radius 3 is 2.59 bits per heavy atom. The lowest BCUT2D eigenvalue weighted by molar-refractivity contribution is 0.0947. The molecular formula is C26H32N2O. The molecule has 0 aliphatic carbocycles. The van der Waals surface area contributed by atoms with E-state index in [2.05, 4.69) is 51.2 Å². The predicted molar refractivity (Wildman–Crippen MR) is 122 cm³/mol. The van der Waals surface area contributed by atoms with Gasteiger partial charge in [-0.3, -0.25) is 4.79 Å². The van der Waals surface area contributed by atoms with E-state index in [1.807, 2.05) is 30.3 Å². The second kappa shape index (κ2) is 9.69. The van der Waals surface area contributed by atoms with Crippen molar-refractivity contribution in [3.8, 4) is 11.3 Å². The SMILES string of the molecule is CCCCC(CC)CNC(=O)c1cc(-c2ccc(C)cc2C)nc2ccccc12. The minimum absolute atomic E-state index is 0.00966. The molecule has 2 aromatic carbocycles. The molecular weight excluding hydrogens is 356 g/mol. The Morgan fingerprint density at radius 1 is 1.07 bits per heavy atom. The number of rotatable bonds is 8. The molecule has 1 N–H and O–H groups in total. The minimum Gasteiger partial charge on any atom is -0.352 e. The van der Waals surface area contributed by atoms with E-state index in [-0.39, 0.29) is 5.91 Å². The molecule has 1 amide bonds. The van der Waals surface area contributed by atoms with E-state index >= 15 is 0 Å². The van der Waals surface area contributed by atoms with Crippen LogP contribution in [0.3, 0.4) is 0 Å². The molecule has 1 unspecified atom stereocenters. The maximum atomic E-state index is 13.1. The number of para-hydroxylation sites is 1. The average Bonchev–Trinajstić information content (AvgIpc) is 2.73. The van der Waals surface area contributed by atoms with E-state index in [0.717, 1.165) is 41.5 Å². The van der Waals surface area contributed by atoms with Crippen LogP contribution in [0.1, 0.15) is 61.0 Å². The molecule has 0 aliphatic heterocycles. The smallest absolute Gasteiger partial charge is 0.252 e. The Balaban J connectivity index is 1.95. The van der Waals surface area contributed by atoms with Gasteiger partial charge in [0.1, 0.15) is 0 Å². The van der Waals surface area contributed by atoms with E-state index in [4.69, 9.17) is 4.98 Å². The van der Waals surface area contributed by atoms with Gasteiger partial charge in [0.25, 0.3) is 5.91 Å². The average molecular weight is 389 g/mol. The molecule has 3 heteroatoms. The van der Waals surface area contributed by atoms with Crippen molar-refractivity contribution in [2.24, 2.45) is 5.92 Å². The molecule has 1 aromatic heterocycles. The van der Waals surface area contributed by atoms with Crippen molar-refractivity contribution in [3.05, 3.63) is 65.2 Å². The van der Waals surface area contributed by atoms with Gasteiger partial charge in [-0.25, -0.2) is 4.98 Å². The van der Waals surface area contributed by atoms with Gasteiger partial charge in [-0.2, -0.15) is 0 Å². The summed E-state index contributed by atoms with van der Waals surface area (Å²) in [5, 5.41) is 4.09. The topological polar surface area (TPSA) is 42.0 Å². The Morgan fingerprint density at radius 2 is 1.86 bits per heavy atom. The number of carbonyl (C=O) groups is 1. The summed E-state index contributed by atoms with van der Waals surface area (Å²) in [7, 11) is 0. The van der Waals surface area contributed by atoms with Crippen LogP contribution in [0.25, 0.3) is 22.2 Å².